The van der Waals surface area contributed by atoms with E-state index in [1.54, 1.807) is 7.11 Å². The van der Waals surface area contributed by atoms with Gasteiger partial charge < -0.3 is 14.5 Å². The van der Waals surface area contributed by atoms with E-state index in [1.807, 2.05) is 24.3 Å². The quantitative estimate of drug-likeness (QED) is 0.832. The fourth-order valence-corrected chi connectivity index (χ4v) is 4.08. The van der Waals surface area contributed by atoms with Gasteiger partial charge in [0, 0.05) is 24.7 Å². The molecule has 138 valence electrons. The Bertz CT molecular complexity index is 550. The molecule has 0 radical (unpaired) electrons. The molecule has 1 aromatic carbocycles. The molecule has 0 saturated carbocycles. The van der Waals surface area contributed by atoms with Gasteiger partial charge in [-0.05, 0) is 69.0 Å². The molecule has 0 aliphatic carbocycles. The average molecular weight is 344 g/mol. The van der Waals surface area contributed by atoms with Crippen LogP contribution >= 0.6 is 0 Å². The van der Waals surface area contributed by atoms with Crippen molar-refractivity contribution in [2.24, 2.45) is 5.92 Å². The van der Waals surface area contributed by atoms with Crippen LogP contribution in [0, 0.1) is 5.92 Å². The van der Waals surface area contributed by atoms with Crippen LogP contribution in [0.4, 0.5) is 0 Å². The van der Waals surface area contributed by atoms with Crippen molar-refractivity contribution in [3.05, 3.63) is 29.8 Å². The van der Waals surface area contributed by atoms with Crippen molar-refractivity contribution in [1.82, 2.24) is 9.80 Å². The number of carbonyl (C=O) groups excluding carboxylic acids is 1. The third kappa shape index (κ3) is 4.75. The van der Waals surface area contributed by atoms with E-state index < -0.39 is 0 Å². The van der Waals surface area contributed by atoms with E-state index in [9.17, 15) is 4.79 Å². The predicted molar refractivity (Wildman–Crippen MR) is 101 cm³/mol. The first-order valence-electron chi connectivity index (χ1n) is 9.84. The molecule has 2 heterocycles. The Morgan fingerprint density at radius 2 is 1.76 bits per heavy atom. The van der Waals surface area contributed by atoms with Gasteiger partial charge in [0.25, 0.3) is 5.91 Å². The molecule has 0 aromatic heterocycles. The number of amides is 1. The molecule has 2 aliphatic heterocycles. The number of benzene rings is 1. The second-order valence-electron chi connectivity index (χ2n) is 7.71. The van der Waals surface area contributed by atoms with Crippen LogP contribution < -0.4 is 4.74 Å². The highest BCUT2D eigenvalue weighted by Gasteiger charge is 2.29. The van der Waals surface area contributed by atoms with Crippen molar-refractivity contribution < 1.29 is 9.53 Å². The van der Waals surface area contributed by atoms with Crippen LogP contribution in [0.15, 0.2) is 24.3 Å². The van der Waals surface area contributed by atoms with E-state index in [4.69, 9.17) is 4.74 Å². The summed E-state index contributed by atoms with van der Waals surface area (Å²) in [6.07, 6.45) is 7.31. The second-order valence-corrected chi connectivity index (χ2v) is 7.71. The summed E-state index contributed by atoms with van der Waals surface area (Å²) in [7, 11) is 1.65. The van der Waals surface area contributed by atoms with Gasteiger partial charge in [0.1, 0.15) is 5.75 Å². The van der Waals surface area contributed by atoms with Crippen molar-refractivity contribution >= 4 is 5.91 Å². The van der Waals surface area contributed by atoms with Gasteiger partial charge in [-0.1, -0.05) is 19.8 Å². The molecular formula is C21H32N2O2. The van der Waals surface area contributed by atoms with Crippen molar-refractivity contribution in [2.75, 3.05) is 33.3 Å². The molecule has 1 unspecified atom stereocenters. The lowest BCUT2D eigenvalue weighted by molar-refractivity contribution is 0.0606. The minimum atomic E-state index is 0.180. The number of hydrogen-bond donors (Lipinski definition) is 0. The average Bonchev–Trinajstić information content (AvgIpc) is 2.88. The van der Waals surface area contributed by atoms with Gasteiger partial charge >= 0.3 is 0 Å². The number of ether oxygens (including phenoxy) is 1. The molecule has 1 amide bonds. The molecule has 4 nitrogen and oxygen atoms in total. The summed E-state index contributed by atoms with van der Waals surface area (Å²) in [5, 5.41) is 0. The minimum Gasteiger partial charge on any atom is -0.497 e. The van der Waals surface area contributed by atoms with Crippen LogP contribution in [0.25, 0.3) is 0 Å². The van der Waals surface area contributed by atoms with E-state index in [0.29, 0.717) is 6.04 Å². The molecule has 3 rings (SSSR count). The zero-order valence-electron chi connectivity index (χ0n) is 15.7. The molecule has 1 atom stereocenters. The fourth-order valence-electron chi connectivity index (χ4n) is 4.08. The maximum Gasteiger partial charge on any atom is 0.254 e. The Kier molecular flexibility index (Phi) is 6.35. The number of likely N-dealkylation sites (tertiary alicyclic amines) is 2. The number of rotatable bonds is 4. The minimum absolute atomic E-state index is 0.180. The van der Waals surface area contributed by atoms with Gasteiger partial charge in [0.2, 0.25) is 0 Å². The zero-order chi connectivity index (χ0) is 17.6. The summed E-state index contributed by atoms with van der Waals surface area (Å²) in [6.45, 7) is 6.64. The van der Waals surface area contributed by atoms with Crippen LogP contribution in [0.5, 0.6) is 5.75 Å². The molecule has 4 heteroatoms. The molecule has 25 heavy (non-hydrogen) atoms. The molecule has 0 spiro atoms. The third-order valence-corrected chi connectivity index (χ3v) is 5.82. The molecule has 0 N–H and O–H groups in total. The van der Waals surface area contributed by atoms with Gasteiger partial charge in [-0.15, -0.1) is 0 Å². The molecular weight excluding hydrogens is 312 g/mol. The van der Waals surface area contributed by atoms with Crippen LogP contribution in [0.1, 0.15) is 55.8 Å². The molecule has 2 saturated heterocycles. The summed E-state index contributed by atoms with van der Waals surface area (Å²) in [4.78, 5) is 17.8. The third-order valence-electron chi connectivity index (χ3n) is 5.82. The van der Waals surface area contributed by atoms with Crippen molar-refractivity contribution in [3.8, 4) is 5.75 Å². The highest BCUT2D eigenvalue weighted by molar-refractivity contribution is 5.94. The largest absolute Gasteiger partial charge is 0.497 e. The highest BCUT2D eigenvalue weighted by atomic mass is 16.5. The highest BCUT2D eigenvalue weighted by Crippen LogP contribution is 2.23. The lowest BCUT2D eigenvalue weighted by Gasteiger charge is -2.37. The first-order valence-corrected chi connectivity index (χ1v) is 9.84. The standard InChI is InChI=1S/C21H32N2O2/c1-17-11-14-22(15-12-17)16-19-6-4-3-5-13-23(19)21(24)18-7-9-20(25-2)10-8-18/h7-10,17,19H,3-6,11-16H2,1-2H3. The van der Waals surface area contributed by atoms with Gasteiger partial charge in [0.15, 0.2) is 0 Å². The van der Waals surface area contributed by atoms with Crippen LogP contribution in [0.3, 0.4) is 0 Å². The van der Waals surface area contributed by atoms with E-state index in [0.717, 1.165) is 43.2 Å². The normalized spacial score (nSPS) is 23.3. The number of methoxy groups -OCH3 is 1. The Morgan fingerprint density at radius 3 is 2.44 bits per heavy atom. The zero-order valence-corrected chi connectivity index (χ0v) is 15.7. The summed E-state index contributed by atoms with van der Waals surface area (Å²) >= 11 is 0. The lowest BCUT2D eigenvalue weighted by atomic mass is 9.98. The fraction of sp³-hybridized carbons (Fsp3) is 0.667. The molecule has 1 aromatic rings. The van der Waals surface area contributed by atoms with Crippen LogP contribution in [-0.2, 0) is 0 Å². The maximum atomic E-state index is 13.1. The summed E-state index contributed by atoms with van der Waals surface area (Å²) in [5.74, 6) is 1.83. The predicted octanol–water partition coefficient (Wildman–Crippen LogP) is 3.81. The topological polar surface area (TPSA) is 32.8 Å². The van der Waals surface area contributed by atoms with Crippen molar-refractivity contribution in [1.29, 1.82) is 0 Å². The van der Waals surface area contributed by atoms with Crippen molar-refractivity contribution in [3.63, 3.8) is 0 Å². The lowest BCUT2D eigenvalue weighted by Crippen LogP contribution is -2.48. The first kappa shape index (κ1) is 18.2. The Labute approximate surface area is 152 Å². The second kappa shape index (κ2) is 8.70. The smallest absolute Gasteiger partial charge is 0.254 e. The van der Waals surface area contributed by atoms with Gasteiger partial charge in [-0.3, -0.25) is 4.79 Å². The van der Waals surface area contributed by atoms with Crippen LogP contribution in [-0.4, -0.2) is 55.0 Å². The monoisotopic (exact) mass is 344 g/mol. The Balaban J connectivity index is 1.69. The van der Waals surface area contributed by atoms with Gasteiger partial charge in [0.05, 0.1) is 7.11 Å². The van der Waals surface area contributed by atoms with E-state index in [2.05, 4.69) is 16.7 Å². The SMILES string of the molecule is COc1ccc(C(=O)N2CCCCCC2CN2CCC(C)CC2)cc1. The van der Waals surface area contributed by atoms with Gasteiger partial charge in [-0.25, -0.2) is 0 Å². The number of nitrogens with zero attached hydrogens (tertiary/aromatic N) is 2. The van der Waals surface area contributed by atoms with E-state index in [-0.39, 0.29) is 5.91 Å². The maximum absolute atomic E-state index is 13.1. The molecule has 2 aliphatic rings. The summed E-state index contributed by atoms with van der Waals surface area (Å²) in [6, 6.07) is 7.90. The molecule has 0 bridgehead atoms. The summed E-state index contributed by atoms with van der Waals surface area (Å²) < 4.78 is 5.21. The Hall–Kier alpha value is -1.55. The van der Waals surface area contributed by atoms with Crippen LogP contribution in [0.2, 0.25) is 0 Å². The number of hydrogen-bond acceptors (Lipinski definition) is 3. The Morgan fingerprint density at radius 1 is 1.04 bits per heavy atom. The van der Waals surface area contributed by atoms with E-state index in [1.165, 1.54) is 38.8 Å². The summed E-state index contributed by atoms with van der Waals surface area (Å²) in [5.41, 5.74) is 0.778. The molecule has 2 fully saturated rings. The number of piperidine rings is 1. The van der Waals surface area contributed by atoms with Crippen molar-refractivity contribution in [2.45, 2.75) is 51.5 Å². The number of carbonyl (C=O) groups is 1. The first-order chi connectivity index (χ1) is 12.2. The van der Waals surface area contributed by atoms with E-state index >= 15 is 0 Å². The van der Waals surface area contributed by atoms with Gasteiger partial charge in [-0.2, -0.15) is 0 Å².